The van der Waals surface area contributed by atoms with Crippen molar-refractivity contribution < 1.29 is 23.0 Å². The van der Waals surface area contributed by atoms with Crippen LogP contribution in [0.15, 0.2) is 0 Å². The van der Waals surface area contributed by atoms with Gasteiger partial charge in [0, 0.05) is 50.5 Å². The minimum absolute atomic E-state index is 0.0946. The molecule has 2 heterocycles. The Morgan fingerprint density at radius 2 is 2.04 bits per heavy atom. The van der Waals surface area contributed by atoms with Gasteiger partial charge in [0.15, 0.2) is 0 Å². The summed E-state index contributed by atoms with van der Waals surface area (Å²) in [5, 5.41) is 0. The number of hydrogen-bond acceptors (Lipinski definition) is 3. The van der Waals surface area contributed by atoms with E-state index in [1.54, 1.807) is 4.90 Å². The van der Waals surface area contributed by atoms with E-state index in [1.807, 2.05) is 0 Å². The van der Waals surface area contributed by atoms with E-state index in [0.717, 1.165) is 19.4 Å². The minimum Gasteiger partial charge on any atom is -0.380 e. The normalized spacial score (nSPS) is 36.6. The smallest absolute Gasteiger partial charge is 0.249 e. The molecule has 4 rings (SSSR count). The van der Waals surface area contributed by atoms with E-state index in [-0.39, 0.29) is 30.3 Å². The fourth-order valence-electron chi connectivity index (χ4n) is 4.25. The summed E-state index contributed by atoms with van der Waals surface area (Å²) in [5.41, 5.74) is -0.130. The number of carbonyl (C=O) groups excluding carboxylic acids is 1. The van der Waals surface area contributed by atoms with E-state index in [0.29, 0.717) is 32.2 Å². The Morgan fingerprint density at radius 3 is 2.74 bits per heavy atom. The molecule has 2 saturated heterocycles. The van der Waals surface area contributed by atoms with Crippen molar-refractivity contribution >= 4 is 5.91 Å². The molecule has 6 heteroatoms. The molecule has 0 aromatic carbocycles. The van der Waals surface area contributed by atoms with Crippen LogP contribution in [0.4, 0.5) is 8.78 Å². The van der Waals surface area contributed by atoms with Gasteiger partial charge in [0.2, 0.25) is 11.8 Å². The van der Waals surface area contributed by atoms with Crippen LogP contribution in [0.1, 0.15) is 38.5 Å². The van der Waals surface area contributed by atoms with Gasteiger partial charge in [-0.25, -0.2) is 8.78 Å². The lowest BCUT2D eigenvalue weighted by Crippen LogP contribution is -2.56. The molecule has 0 aromatic rings. The third-order valence-electron chi connectivity index (χ3n) is 5.96. The molecule has 0 bridgehead atoms. The number of amides is 1. The largest absolute Gasteiger partial charge is 0.380 e. The van der Waals surface area contributed by atoms with E-state index < -0.39 is 11.8 Å². The Labute approximate surface area is 135 Å². The van der Waals surface area contributed by atoms with E-state index in [2.05, 4.69) is 0 Å². The summed E-state index contributed by atoms with van der Waals surface area (Å²) in [6.07, 6.45) is 3.78. The first-order chi connectivity index (χ1) is 11.0. The van der Waals surface area contributed by atoms with Crippen LogP contribution in [0.2, 0.25) is 0 Å². The SMILES string of the molecule is O=C(C1CC(F)(F)C1)N1CC[C@H]2OCC[C@@]2(COCC2CC2)C1. The number of rotatable bonds is 5. The molecule has 2 atom stereocenters. The number of ether oxygens (including phenoxy) is 2. The van der Waals surface area contributed by atoms with E-state index in [9.17, 15) is 13.6 Å². The van der Waals surface area contributed by atoms with Crippen LogP contribution >= 0.6 is 0 Å². The Bertz CT molecular complexity index is 474. The molecule has 0 unspecified atom stereocenters. The molecule has 4 aliphatic rings. The number of halogens is 2. The molecule has 0 N–H and O–H groups in total. The standard InChI is InChI=1S/C17H25F2NO3/c18-17(19)7-13(8-17)15(21)20-5-3-14-16(10-20,4-6-23-14)11-22-9-12-1-2-12/h12-14H,1-11H2/t14-,16+/m1/s1. The van der Waals surface area contributed by atoms with Crippen molar-refractivity contribution in [3.63, 3.8) is 0 Å². The van der Waals surface area contributed by atoms with Crippen LogP contribution in [0, 0.1) is 17.3 Å². The minimum atomic E-state index is -2.64. The molecule has 2 aliphatic carbocycles. The Balaban J connectivity index is 1.37. The molecule has 0 aromatic heterocycles. The van der Waals surface area contributed by atoms with Gasteiger partial charge >= 0.3 is 0 Å². The molecular formula is C17H25F2NO3. The number of nitrogens with zero attached hydrogens (tertiary/aromatic N) is 1. The van der Waals surface area contributed by atoms with E-state index >= 15 is 0 Å². The highest BCUT2D eigenvalue weighted by atomic mass is 19.3. The molecule has 1 amide bonds. The summed E-state index contributed by atoms with van der Waals surface area (Å²) in [7, 11) is 0. The lowest BCUT2D eigenvalue weighted by Gasteiger charge is -2.46. The van der Waals surface area contributed by atoms with Gasteiger partial charge in [0.05, 0.1) is 12.7 Å². The molecular weight excluding hydrogens is 304 g/mol. The summed E-state index contributed by atoms with van der Waals surface area (Å²) in [6.45, 7) is 3.36. The maximum absolute atomic E-state index is 13.0. The zero-order valence-corrected chi connectivity index (χ0v) is 13.4. The van der Waals surface area contributed by atoms with Gasteiger partial charge in [-0.1, -0.05) is 0 Å². The molecule has 4 fully saturated rings. The highest BCUT2D eigenvalue weighted by Crippen LogP contribution is 2.46. The van der Waals surface area contributed by atoms with Crippen LogP contribution in [-0.2, 0) is 14.3 Å². The molecule has 2 aliphatic heterocycles. The summed E-state index contributed by atoms with van der Waals surface area (Å²) in [6, 6.07) is 0. The summed E-state index contributed by atoms with van der Waals surface area (Å²) in [5.74, 6) is -2.51. The fourth-order valence-corrected chi connectivity index (χ4v) is 4.25. The number of piperidine rings is 1. The highest BCUT2D eigenvalue weighted by molar-refractivity contribution is 5.80. The third kappa shape index (κ3) is 3.12. The second kappa shape index (κ2) is 5.66. The Hall–Kier alpha value is -0.750. The lowest BCUT2D eigenvalue weighted by atomic mass is 9.75. The zero-order valence-electron chi connectivity index (χ0n) is 13.4. The third-order valence-corrected chi connectivity index (χ3v) is 5.96. The first-order valence-electron chi connectivity index (χ1n) is 8.83. The number of hydrogen-bond donors (Lipinski definition) is 0. The van der Waals surface area contributed by atoms with Gasteiger partial charge < -0.3 is 14.4 Å². The second-order valence-electron chi connectivity index (χ2n) is 7.94. The van der Waals surface area contributed by atoms with Crippen LogP contribution in [-0.4, -0.2) is 55.7 Å². The molecule has 4 nitrogen and oxygen atoms in total. The first kappa shape index (κ1) is 15.8. The number of alkyl halides is 2. The van der Waals surface area contributed by atoms with Gasteiger partial charge in [-0.15, -0.1) is 0 Å². The fraction of sp³-hybridized carbons (Fsp3) is 0.941. The predicted octanol–water partition coefficient (Wildman–Crippen LogP) is 2.47. The quantitative estimate of drug-likeness (QED) is 0.778. The van der Waals surface area contributed by atoms with Gasteiger partial charge in [-0.3, -0.25) is 4.79 Å². The number of likely N-dealkylation sites (tertiary alicyclic amines) is 1. The van der Waals surface area contributed by atoms with Crippen LogP contribution in [0.25, 0.3) is 0 Å². The molecule has 130 valence electrons. The van der Waals surface area contributed by atoms with Crippen molar-refractivity contribution in [2.45, 2.75) is 50.6 Å². The second-order valence-corrected chi connectivity index (χ2v) is 7.94. The van der Waals surface area contributed by atoms with Crippen molar-refractivity contribution in [2.75, 3.05) is 32.9 Å². The average molecular weight is 329 g/mol. The number of carbonyl (C=O) groups is 1. The zero-order chi connectivity index (χ0) is 16.1. The average Bonchev–Trinajstić information content (AvgIpc) is 3.21. The van der Waals surface area contributed by atoms with Gasteiger partial charge in [0.25, 0.3) is 0 Å². The van der Waals surface area contributed by atoms with E-state index in [4.69, 9.17) is 9.47 Å². The Morgan fingerprint density at radius 1 is 1.26 bits per heavy atom. The van der Waals surface area contributed by atoms with Crippen LogP contribution < -0.4 is 0 Å². The summed E-state index contributed by atoms with van der Waals surface area (Å²) < 4.78 is 37.9. The first-order valence-corrected chi connectivity index (χ1v) is 8.83. The van der Waals surface area contributed by atoms with Gasteiger partial charge in [-0.2, -0.15) is 0 Å². The van der Waals surface area contributed by atoms with Crippen molar-refractivity contribution in [3.05, 3.63) is 0 Å². The summed E-state index contributed by atoms with van der Waals surface area (Å²) >= 11 is 0. The maximum Gasteiger partial charge on any atom is 0.249 e. The van der Waals surface area contributed by atoms with Crippen LogP contribution in [0.5, 0.6) is 0 Å². The van der Waals surface area contributed by atoms with Gasteiger partial charge in [-0.05, 0) is 31.6 Å². The monoisotopic (exact) mass is 329 g/mol. The maximum atomic E-state index is 13.0. The number of fused-ring (bicyclic) bond motifs is 1. The van der Waals surface area contributed by atoms with Crippen molar-refractivity contribution in [3.8, 4) is 0 Å². The van der Waals surface area contributed by atoms with Gasteiger partial charge in [0.1, 0.15) is 0 Å². The lowest BCUT2D eigenvalue weighted by molar-refractivity contribution is -0.166. The highest BCUT2D eigenvalue weighted by Gasteiger charge is 2.53. The Kier molecular flexibility index (Phi) is 3.88. The van der Waals surface area contributed by atoms with E-state index in [1.165, 1.54) is 12.8 Å². The predicted molar refractivity (Wildman–Crippen MR) is 79.2 cm³/mol. The summed E-state index contributed by atoms with van der Waals surface area (Å²) in [4.78, 5) is 14.3. The molecule has 23 heavy (non-hydrogen) atoms. The van der Waals surface area contributed by atoms with Crippen LogP contribution in [0.3, 0.4) is 0 Å². The topological polar surface area (TPSA) is 38.8 Å². The molecule has 0 radical (unpaired) electrons. The van der Waals surface area contributed by atoms with Crippen molar-refractivity contribution in [1.82, 2.24) is 4.90 Å². The molecule has 0 spiro atoms. The molecule has 2 saturated carbocycles. The van der Waals surface area contributed by atoms with Crippen molar-refractivity contribution in [1.29, 1.82) is 0 Å². The van der Waals surface area contributed by atoms with Crippen molar-refractivity contribution in [2.24, 2.45) is 17.3 Å².